The molecule has 0 atom stereocenters. The Morgan fingerprint density at radius 2 is 1.65 bits per heavy atom. The Bertz CT molecular complexity index is 895. The van der Waals surface area contributed by atoms with Crippen molar-refractivity contribution in [1.29, 1.82) is 0 Å². The molecule has 0 aliphatic rings. The molecular weight excluding hydrogens is 386 g/mol. The van der Waals surface area contributed by atoms with Crippen molar-refractivity contribution in [3.63, 3.8) is 0 Å². The molecule has 0 amide bonds. The summed E-state index contributed by atoms with van der Waals surface area (Å²) in [4.78, 5) is 19.5. The highest BCUT2D eigenvalue weighted by Gasteiger charge is 2.40. The number of aryl methyl sites for hydroxylation is 1. The zero-order valence-corrected chi connectivity index (χ0v) is 13.5. The fourth-order valence-electron chi connectivity index (χ4n) is 2.16. The van der Waals surface area contributed by atoms with Gasteiger partial charge in [-0.2, -0.15) is 13.2 Å². The van der Waals surface area contributed by atoms with E-state index in [-0.39, 0.29) is 11.1 Å². The summed E-state index contributed by atoms with van der Waals surface area (Å²) in [7, 11) is 0. The lowest BCUT2D eigenvalue weighted by Gasteiger charge is -2.16. The molecule has 7 nitrogen and oxygen atoms in total. The van der Waals surface area contributed by atoms with Crippen LogP contribution in [0.1, 0.15) is 11.1 Å². The first-order valence-corrected chi connectivity index (χ1v) is 7.06. The van der Waals surface area contributed by atoms with E-state index >= 15 is 0 Å². The summed E-state index contributed by atoms with van der Waals surface area (Å²) in [5, 5.41) is 23.6. The van der Waals surface area contributed by atoms with E-state index in [4.69, 9.17) is 11.6 Å². The molecule has 0 radical (unpaired) electrons. The maximum atomic E-state index is 14.1. The van der Waals surface area contributed by atoms with Crippen molar-refractivity contribution in [2.45, 2.75) is 13.1 Å². The average Bonchev–Trinajstić information content (AvgIpc) is 2.48. The van der Waals surface area contributed by atoms with Crippen molar-refractivity contribution in [3.8, 4) is 0 Å². The van der Waals surface area contributed by atoms with Crippen molar-refractivity contribution >= 4 is 34.4 Å². The number of rotatable bonds is 4. The van der Waals surface area contributed by atoms with Gasteiger partial charge in [0.15, 0.2) is 0 Å². The highest BCUT2D eigenvalue weighted by atomic mass is 35.5. The van der Waals surface area contributed by atoms with Gasteiger partial charge in [0.1, 0.15) is 11.5 Å². The predicted octanol–water partition coefficient (Wildman–Crippen LogP) is 5.37. The molecule has 0 unspecified atom stereocenters. The topological polar surface area (TPSA) is 98.3 Å². The van der Waals surface area contributed by atoms with Gasteiger partial charge in [-0.25, -0.2) is 4.39 Å². The number of hydrogen-bond acceptors (Lipinski definition) is 5. The molecule has 2 aromatic carbocycles. The van der Waals surface area contributed by atoms with Gasteiger partial charge in [-0.05, 0) is 24.6 Å². The summed E-state index contributed by atoms with van der Waals surface area (Å²) >= 11 is 5.80. The fourth-order valence-corrected chi connectivity index (χ4v) is 2.47. The van der Waals surface area contributed by atoms with Crippen LogP contribution in [0.2, 0.25) is 5.02 Å². The second-order valence-corrected chi connectivity index (χ2v) is 5.54. The summed E-state index contributed by atoms with van der Waals surface area (Å²) in [5.41, 5.74) is -5.49. The summed E-state index contributed by atoms with van der Waals surface area (Å²) in [6.45, 7) is 1.48. The van der Waals surface area contributed by atoms with Crippen LogP contribution in [-0.2, 0) is 6.18 Å². The Hall–Kier alpha value is -2.95. The lowest BCUT2D eigenvalue weighted by molar-refractivity contribution is -0.394. The zero-order valence-electron chi connectivity index (χ0n) is 12.7. The van der Waals surface area contributed by atoms with Gasteiger partial charge in [0.05, 0.1) is 32.2 Å². The summed E-state index contributed by atoms with van der Waals surface area (Å²) in [6, 6.07) is 2.66. The van der Waals surface area contributed by atoms with Gasteiger partial charge in [0, 0.05) is 6.07 Å². The molecular formula is C14H8ClF4N3O4. The molecule has 0 aliphatic heterocycles. The smallest absolute Gasteiger partial charge is 0.346 e. The molecule has 1 N–H and O–H groups in total. The van der Waals surface area contributed by atoms with Crippen molar-refractivity contribution in [1.82, 2.24) is 0 Å². The zero-order chi connectivity index (χ0) is 19.8. The lowest BCUT2D eigenvalue weighted by atomic mass is 10.1. The van der Waals surface area contributed by atoms with Crippen LogP contribution in [0.4, 0.5) is 40.3 Å². The minimum absolute atomic E-state index is 0.120. The van der Waals surface area contributed by atoms with Gasteiger partial charge in [-0.15, -0.1) is 0 Å². The molecule has 0 fully saturated rings. The highest BCUT2D eigenvalue weighted by molar-refractivity contribution is 6.33. The number of nitro groups is 2. The molecule has 12 heteroatoms. The number of hydrogen-bond donors (Lipinski definition) is 1. The molecule has 138 valence electrons. The van der Waals surface area contributed by atoms with E-state index in [1.807, 2.05) is 5.32 Å². The number of non-ortho nitro benzene ring substituents is 1. The number of nitrogens with zero attached hydrogens (tertiary/aromatic N) is 2. The molecule has 2 aromatic rings. The molecule has 0 bridgehead atoms. The van der Waals surface area contributed by atoms with Crippen LogP contribution in [0.25, 0.3) is 0 Å². The van der Waals surface area contributed by atoms with E-state index in [2.05, 4.69) is 0 Å². The predicted molar refractivity (Wildman–Crippen MR) is 84.2 cm³/mol. The van der Waals surface area contributed by atoms with Crippen molar-refractivity contribution in [2.75, 3.05) is 5.32 Å². The SMILES string of the molecule is Cc1cc(F)c(Nc2c([N+](=O)[O-])cc([N+](=O)[O-])cc2C(F)(F)F)c(Cl)c1. The third-order valence-corrected chi connectivity index (χ3v) is 3.55. The first-order valence-electron chi connectivity index (χ1n) is 6.68. The third kappa shape index (κ3) is 3.82. The number of nitrogens with one attached hydrogen (secondary N) is 1. The van der Waals surface area contributed by atoms with Gasteiger partial charge < -0.3 is 5.32 Å². The van der Waals surface area contributed by atoms with E-state index in [0.29, 0.717) is 11.6 Å². The molecule has 0 spiro atoms. The lowest BCUT2D eigenvalue weighted by Crippen LogP contribution is -2.12. The standard InChI is InChI=1S/C14H8ClF4N3O4/c1-6-2-9(15)13(10(16)3-6)20-12-8(14(17,18)19)4-7(21(23)24)5-11(12)22(25)26/h2-5,20H,1H3. The number of alkyl halides is 3. The van der Waals surface area contributed by atoms with E-state index in [1.54, 1.807) is 0 Å². The number of halogens is 5. The second kappa shape index (κ2) is 6.75. The molecule has 0 saturated heterocycles. The molecule has 0 aliphatic carbocycles. The van der Waals surface area contributed by atoms with Crippen LogP contribution >= 0.6 is 11.6 Å². The van der Waals surface area contributed by atoms with Crippen LogP contribution in [0.5, 0.6) is 0 Å². The minimum atomic E-state index is -5.19. The van der Waals surface area contributed by atoms with Crippen molar-refractivity contribution in [2.24, 2.45) is 0 Å². The summed E-state index contributed by atoms with van der Waals surface area (Å²) < 4.78 is 53.9. The maximum Gasteiger partial charge on any atom is 0.418 e. The Labute approximate surface area is 147 Å². The maximum absolute atomic E-state index is 14.1. The highest BCUT2D eigenvalue weighted by Crippen LogP contribution is 2.44. The van der Waals surface area contributed by atoms with Crippen molar-refractivity contribution in [3.05, 3.63) is 66.5 Å². The normalized spacial score (nSPS) is 11.3. The largest absolute Gasteiger partial charge is 0.418 e. The van der Waals surface area contributed by atoms with Crippen LogP contribution < -0.4 is 5.32 Å². The number of nitro benzene ring substituents is 2. The Morgan fingerprint density at radius 1 is 1.04 bits per heavy atom. The molecule has 0 heterocycles. The van der Waals surface area contributed by atoms with Crippen LogP contribution in [0, 0.1) is 33.0 Å². The van der Waals surface area contributed by atoms with Gasteiger partial charge >= 0.3 is 6.18 Å². The quantitative estimate of drug-likeness (QED) is 0.428. The van der Waals surface area contributed by atoms with E-state index in [9.17, 15) is 37.8 Å². The van der Waals surface area contributed by atoms with Crippen LogP contribution in [0.15, 0.2) is 24.3 Å². The van der Waals surface area contributed by atoms with Crippen LogP contribution in [0.3, 0.4) is 0 Å². The molecule has 26 heavy (non-hydrogen) atoms. The number of anilines is 2. The van der Waals surface area contributed by atoms with Gasteiger partial charge in [0.25, 0.3) is 11.4 Å². The first-order chi connectivity index (χ1) is 11.9. The average molecular weight is 394 g/mol. The van der Waals surface area contributed by atoms with Crippen molar-refractivity contribution < 1.29 is 27.4 Å². The Balaban J connectivity index is 2.78. The molecule has 2 rings (SSSR count). The van der Waals surface area contributed by atoms with Crippen LogP contribution in [-0.4, -0.2) is 9.85 Å². The van der Waals surface area contributed by atoms with Gasteiger partial charge in [0.2, 0.25) is 0 Å². The van der Waals surface area contributed by atoms with E-state index in [0.717, 1.165) is 6.07 Å². The second-order valence-electron chi connectivity index (χ2n) is 5.13. The van der Waals surface area contributed by atoms with E-state index < -0.39 is 50.2 Å². The molecule has 0 saturated carbocycles. The molecule has 0 aromatic heterocycles. The third-order valence-electron chi connectivity index (χ3n) is 3.25. The minimum Gasteiger partial charge on any atom is -0.346 e. The summed E-state index contributed by atoms with van der Waals surface area (Å²) in [6.07, 6.45) is -5.19. The van der Waals surface area contributed by atoms with Gasteiger partial charge in [-0.3, -0.25) is 20.2 Å². The van der Waals surface area contributed by atoms with E-state index in [1.165, 1.54) is 13.0 Å². The number of benzene rings is 2. The Kier molecular flexibility index (Phi) is 5.03. The monoisotopic (exact) mass is 393 g/mol. The summed E-state index contributed by atoms with van der Waals surface area (Å²) in [5.74, 6) is -1.05. The fraction of sp³-hybridized carbons (Fsp3) is 0.143. The first kappa shape index (κ1) is 19.4. The Morgan fingerprint density at radius 3 is 2.12 bits per heavy atom. The van der Waals surface area contributed by atoms with Gasteiger partial charge in [-0.1, -0.05) is 11.6 Å².